The first-order valence-corrected chi connectivity index (χ1v) is 11.0. The van der Waals surface area contributed by atoms with Crippen LogP contribution in [0.1, 0.15) is 6.42 Å². The van der Waals surface area contributed by atoms with Crippen molar-refractivity contribution in [1.29, 1.82) is 0 Å². The fourth-order valence-electron chi connectivity index (χ4n) is 3.84. The second-order valence-corrected chi connectivity index (χ2v) is 7.97. The first-order chi connectivity index (χ1) is 17.5. The van der Waals surface area contributed by atoms with Gasteiger partial charge in [-0.05, 0) is 54.6 Å². The van der Waals surface area contributed by atoms with Crippen LogP contribution in [0.25, 0.3) is 16.6 Å². The number of nitrogens with one attached hydrogen (secondary N) is 2. The molecule has 0 unspecified atom stereocenters. The minimum Gasteiger partial charge on any atom is -0.467 e. The predicted molar refractivity (Wildman–Crippen MR) is 127 cm³/mol. The molecule has 2 aromatic carbocycles. The van der Waals surface area contributed by atoms with Crippen LogP contribution >= 0.6 is 0 Å². The maximum atomic E-state index is 12.5. The molecule has 0 bridgehead atoms. The summed E-state index contributed by atoms with van der Waals surface area (Å²) in [6, 6.07) is 14.9. The average molecular weight is 487 g/mol. The summed E-state index contributed by atoms with van der Waals surface area (Å²) < 4.78 is 18.6. The Bertz CT molecular complexity index is 1410. The molecule has 1 saturated heterocycles. The van der Waals surface area contributed by atoms with Crippen LogP contribution in [-0.4, -0.2) is 51.9 Å². The van der Waals surface area contributed by atoms with E-state index in [1.807, 2.05) is 35.0 Å². The zero-order chi connectivity index (χ0) is 25.1. The Balaban J connectivity index is 1.33. The molecule has 1 aliphatic rings. The Morgan fingerprint density at radius 3 is 2.25 bits per heavy atom. The van der Waals surface area contributed by atoms with Crippen LogP contribution < -0.4 is 20.1 Å². The second kappa shape index (κ2) is 9.47. The van der Waals surface area contributed by atoms with Gasteiger partial charge in [-0.1, -0.05) is 0 Å². The summed E-state index contributed by atoms with van der Waals surface area (Å²) in [7, 11) is 1.44. The van der Waals surface area contributed by atoms with Crippen molar-refractivity contribution in [2.75, 3.05) is 13.7 Å². The topological polar surface area (TPSA) is 134 Å². The van der Waals surface area contributed by atoms with E-state index in [1.165, 1.54) is 7.11 Å². The molecular weight excluding hydrogens is 466 g/mol. The molecule has 0 atom stereocenters. The highest BCUT2D eigenvalue weighted by Crippen LogP contribution is 2.30. The number of urea groups is 1. The van der Waals surface area contributed by atoms with E-state index in [9.17, 15) is 14.4 Å². The third kappa shape index (κ3) is 4.34. The van der Waals surface area contributed by atoms with Crippen LogP contribution in [0, 0.1) is 0 Å². The van der Waals surface area contributed by atoms with Gasteiger partial charge in [-0.25, -0.2) is 9.48 Å². The quantitative estimate of drug-likeness (QED) is 0.363. The van der Waals surface area contributed by atoms with Crippen molar-refractivity contribution >= 4 is 28.7 Å². The molecule has 4 amide bonds. The fraction of sp³-hybridized carbons (Fsp3) is 0.160. The number of methoxy groups -OCH3 is 1. The van der Waals surface area contributed by atoms with E-state index in [0.29, 0.717) is 11.5 Å². The lowest BCUT2D eigenvalue weighted by Gasteiger charge is -2.34. The van der Waals surface area contributed by atoms with E-state index in [-0.39, 0.29) is 18.8 Å². The number of hydrogen-bond donors (Lipinski definition) is 2. The number of nitrogens with zero attached hydrogens (tertiary/aromatic N) is 3. The fourth-order valence-corrected chi connectivity index (χ4v) is 3.84. The molecule has 2 aromatic heterocycles. The van der Waals surface area contributed by atoms with Crippen molar-refractivity contribution in [3.8, 4) is 22.9 Å². The normalized spacial score (nSPS) is 14.9. The highest BCUT2D eigenvalue weighted by atomic mass is 16.5. The van der Waals surface area contributed by atoms with Gasteiger partial charge in [-0.3, -0.25) is 25.2 Å². The maximum absolute atomic E-state index is 12.5. The Morgan fingerprint density at radius 1 is 0.889 bits per heavy atom. The van der Waals surface area contributed by atoms with E-state index in [4.69, 9.17) is 14.2 Å². The number of aromatic nitrogens is 3. The maximum Gasteiger partial charge on any atom is 0.328 e. The smallest absolute Gasteiger partial charge is 0.328 e. The Kier molecular flexibility index (Phi) is 6.05. The van der Waals surface area contributed by atoms with Gasteiger partial charge in [-0.2, -0.15) is 5.10 Å². The summed E-state index contributed by atoms with van der Waals surface area (Å²) in [4.78, 5) is 40.6. The van der Waals surface area contributed by atoms with Crippen LogP contribution in [0.4, 0.5) is 4.79 Å². The number of barbiturate groups is 1. The Morgan fingerprint density at radius 2 is 1.56 bits per heavy atom. The van der Waals surface area contributed by atoms with Crippen LogP contribution in [0.3, 0.4) is 0 Å². The van der Waals surface area contributed by atoms with E-state index in [0.717, 1.165) is 16.6 Å². The highest BCUT2D eigenvalue weighted by Gasteiger charge is 2.52. The monoisotopic (exact) mass is 487 g/mol. The lowest BCUT2D eigenvalue weighted by molar-refractivity contribution is -0.153. The zero-order valence-electron chi connectivity index (χ0n) is 19.1. The molecule has 1 fully saturated rings. The molecule has 0 radical (unpaired) electrons. The summed E-state index contributed by atoms with van der Waals surface area (Å²) in [6.07, 6.45) is 5.09. The van der Waals surface area contributed by atoms with Gasteiger partial charge in [0.05, 0.1) is 24.0 Å². The van der Waals surface area contributed by atoms with Crippen molar-refractivity contribution in [1.82, 2.24) is 25.4 Å². The summed E-state index contributed by atoms with van der Waals surface area (Å²) in [5, 5.41) is 9.49. The molecule has 0 spiro atoms. The minimum atomic E-state index is -1.94. The molecule has 182 valence electrons. The van der Waals surface area contributed by atoms with Crippen LogP contribution in [-0.2, 0) is 14.3 Å². The van der Waals surface area contributed by atoms with Gasteiger partial charge in [0.25, 0.3) is 17.4 Å². The summed E-state index contributed by atoms with van der Waals surface area (Å²) in [5.74, 6) is -0.343. The third-order valence-corrected chi connectivity index (χ3v) is 5.64. The zero-order valence-corrected chi connectivity index (χ0v) is 19.1. The Labute approximate surface area is 205 Å². The van der Waals surface area contributed by atoms with Crippen molar-refractivity contribution < 1.29 is 28.6 Å². The number of hydrogen-bond acceptors (Lipinski definition) is 8. The molecule has 4 aromatic rings. The molecular formula is C25H21N5O6. The molecule has 3 heterocycles. The highest BCUT2D eigenvalue weighted by molar-refractivity contribution is 6.21. The van der Waals surface area contributed by atoms with Gasteiger partial charge >= 0.3 is 6.03 Å². The molecule has 11 nitrogen and oxygen atoms in total. The number of pyridine rings is 1. The van der Waals surface area contributed by atoms with Gasteiger partial charge in [0.2, 0.25) is 0 Å². The predicted octanol–water partition coefficient (Wildman–Crippen LogP) is 2.73. The molecule has 0 aliphatic carbocycles. The molecule has 5 rings (SSSR count). The lowest BCUT2D eigenvalue weighted by Crippen LogP contribution is -2.69. The number of benzene rings is 2. The first-order valence-electron chi connectivity index (χ1n) is 11.0. The number of ether oxygens (including phenoxy) is 3. The SMILES string of the molecule is COCCC1(Oc2ccc(Oc3ccc4c(cnn4-c4ccncc4)c3)cc2)C(=O)NC(=O)NC1=O. The minimum absolute atomic E-state index is 0.0659. The molecule has 2 N–H and O–H groups in total. The Hall–Kier alpha value is -4.77. The van der Waals surface area contributed by atoms with Crippen molar-refractivity contribution in [2.24, 2.45) is 0 Å². The van der Waals surface area contributed by atoms with E-state index < -0.39 is 23.4 Å². The van der Waals surface area contributed by atoms with E-state index in [1.54, 1.807) is 42.9 Å². The lowest BCUT2D eigenvalue weighted by atomic mass is 9.95. The largest absolute Gasteiger partial charge is 0.467 e. The van der Waals surface area contributed by atoms with Gasteiger partial charge in [0.1, 0.15) is 17.2 Å². The number of fused-ring (bicyclic) bond motifs is 1. The van der Waals surface area contributed by atoms with E-state index >= 15 is 0 Å². The van der Waals surface area contributed by atoms with Crippen LogP contribution in [0.5, 0.6) is 17.2 Å². The van der Waals surface area contributed by atoms with Gasteiger partial charge in [0.15, 0.2) is 0 Å². The number of rotatable bonds is 8. The van der Waals surface area contributed by atoms with Crippen molar-refractivity contribution in [3.63, 3.8) is 0 Å². The van der Waals surface area contributed by atoms with E-state index in [2.05, 4.69) is 20.7 Å². The number of imide groups is 2. The van der Waals surface area contributed by atoms with Crippen LogP contribution in [0.15, 0.2) is 73.2 Å². The summed E-state index contributed by atoms with van der Waals surface area (Å²) in [6.45, 7) is 0.0659. The number of carbonyl (C=O) groups is 3. The van der Waals surface area contributed by atoms with Crippen molar-refractivity contribution in [2.45, 2.75) is 12.0 Å². The number of carbonyl (C=O) groups excluding carboxylic acids is 3. The molecule has 0 saturated carbocycles. The summed E-state index contributed by atoms with van der Waals surface area (Å²) >= 11 is 0. The third-order valence-electron chi connectivity index (χ3n) is 5.64. The molecule has 36 heavy (non-hydrogen) atoms. The van der Waals surface area contributed by atoms with Crippen LogP contribution in [0.2, 0.25) is 0 Å². The summed E-state index contributed by atoms with van der Waals surface area (Å²) in [5.41, 5.74) is -0.120. The van der Waals surface area contributed by atoms with Gasteiger partial charge in [-0.15, -0.1) is 0 Å². The van der Waals surface area contributed by atoms with Crippen molar-refractivity contribution in [3.05, 3.63) is 73.2 Å². The molecule has 1 aliphatic heterocycles. The van der Waals surface area contributed by atoms with Gasteiger partial charge in [0, 0.05) is 31.3 Å². The average Bonchev–Trinajstić information content (AvgIpc) is 3.30. The number of amides is 4. The standard InChI is InChI=1S/C25H21N5O6/c1-34-13-10-25(22(31)28-24(33)29-23(25)32)36-19-4-2-18(3-5-19)35-20-6-7-21-16(14-20)15-27-30(21)17-8-11-26-12-9-17/h2-9,11-12,14-15H,10,13H2,1H3,(H2,28,29,31,32,33). The van der Waals surface area contributed by atoms with Gasteiger partial charge < -0.3 is 14.2 Å². The molecule has 11 heteroatoms. The first kappa shape index (κ1) is 23.0. The second-order valence-electron chi connectivity index (χ2n) is 7.97.